The van der Waals surface area contributed by atoms with Gasteiger partial charge in [0.05, 0.1) is 40.2 Å². The molecular weight excluding hydrogens is 339 g/mol. The first-order chi connectivity index (χ1) is 11.8. The van der Waals surface area contributed by atoms with Gasteiger partial charge in [-0.2, -0.15) is 0 Å². The van der Waals surface area contributed by atoms with Gasteiger partial charge in [-0.15, -0.1) is 0 Å². The molecule has 1 unspecified atom stereocenters. The number of fused-ring (bicyclic) bond motifs is 7. The monoisotopic (exact) mass is 361 g/mol. The number of benzene rings is 1. The van der Waals surface area contributed by atoms with Gasteiger partial charge >= 0.3 is 0 Å². The first kappa shape index (κ1) is 16.9. The maximum absolute atomic E-state index is 15.1. The third kappa shape index (κ3) is 2.48. The molecule has 4 rings (SSSR count). The number of hydrogen-bond acceptors (Lipinski definition) is 5. The Bertz CT molecular complexity index is 859. The standard InChI is InChI=1S/C17H22BClFN5/c1-17(2)8-21-9-24-4-5-25(17)23(3)12-7-22-11-6-10(18)14(19)15(20)13(11)16(12)24/h6-7,21H,4-5,8-9,18H2,1-3H3. The molecular formula is C17H22BClFN5. The van der Waals surface area contributed by atoms with Crippen LogP contribution in [0.3, 0.4) is 0 Å². The lowest BCUT2D eigenvalue weighted by Crippen LogP contribution is -2.60. The van der Waals surface area contributed by atoms with Crippen LogP contribution in [0.2, 0.25) is 5.02 Å². The van der Waals surface area contributed by atoms with Crippen molar-refractivity contribution in [2.24, 2.45) is 0 Å². The fourth-order valence-electron chi connectivity index (χ4n) is 4.00. The highest BCUT2D eigenvalue weighted by Crippen LogP contribution is 2.41. The Balaban J connectivity index is 2.04. The van der Waals surface area contributed by atoms with Gasteiger partial charge in [0.15, 0.2) is 5.82 Å². The quantitative estimate of drug-likeness (QED) is 0.711. The van der Waals surface area contributed by atoms with Crippen molar-refractivity contribution in [1.82, 2.24) is 15.3 Å². The molecule has 2 aromatic rings. The molecule has 0 amide bonds. The van der Waals surface area contributed by atoms with Crippen LogP contribution >= 0.6 is 11.6 Å². The van der Waals surface area contributed by atoms with Crippen LogP contribution in [-0.4, -0.2) is 56.7 Å². The second-order valence-electron chi connectivity index (χ2n) is 7.52. The summed E-state index contributed by atoms with van der Waals surface area (Å²) in [4.78, 5) is 6.74. The highest BCUT2D eigenvalue weighted by atomic mass is 35.5. The summed E-state index contributed by atoms with van der Waals surface area (Å²) in [5, 5.41) is 8.61. The van der Waals surface area contributed by atoms with Gasteiger partial charge in [-0.05, 0) is 19.9 Å². The fourth-order valence-corrected chi connectivity index (χ4v) is 4.15. The molecule has 1 N–H and O–H groups in total. The van der Waals surface area contributed by atoms with E-state index in [1.807, 2.05) is 27.2 Å². The summed E-state index contributed by atoms with van der Waals surface area (Å²) in [6, 6.07) is 1.86. The van der Waals surface area contributed by atoms with E-state index >= 15 is 4.39 Å². The average Bonchev–Trinajstić information content (AvgIpc) is 2.67. The number of nitrogens with one attached hydrogen (secondary N) is 1. The Morgan fingerprint density at radius 1 is 1.36 bits per heavy atom. The fraction of sp³-hybridized carbons (Fsp3) is 0.471. The Labute approximate surface area is 153 Å². The van der Waals surface area contributed by atoms with Crippen molar-refractivity contribution in [1.29, 1.82) is 0 Å². The van der Waals surface area contributed by atoms with Crippen molar-refractivity contribution >= 4 is 47.2 Å². The molecule has 2 aliphatic rings. The zero-order valence-electron chi connectivity index (χ0n) is 15.0. The van der Waals surface area contributed by atoms with Gasteiger partial charge < -0.3 is 9.91 Å². The van der Waals surface area contributed by atoms with E-state index in [0.29, 0.717) is 23.0 Å². The van der Waals surface area contributed by atoms with Gasteiger partial charge in [0, 0.05) is 32.2 Å². The predicted molar refractivity (Wildman–Crippen MR) is 104 cm³/mol. The average molecular weight is 362 g/mol. The molecule has 0 spiro atoms. The van der Waals surface area contributed by atoms with Crippen LogP contribution in [0.4, 0.5) is 15.8 Å². The molecule has 5 nitrogen and oxygen atoms in total. The van der Waals surface area contributed by atoms with E-state index in [1.165, 1.54) is 0 Å². The van der Waals surface area contributed by atoms with E-state index in [2.05, 4.69) is 39.1 Å². The number of pyridine rings is 1. The molecule has 0 radical (unpaired) electrons. The van der Waals surface area contributed by atoms with Gasteiger partial charge in [-0.25, -0.2) is 9.40 Å². The second-order valence-corrected chi connectivity index (χ2v) is 7.89. The smallest absolute Gasteiger partial charge is 0.152 e. The lowest BCUT2D eigenvalue weighted by molar-refractivity contribution is 0.110. The molecule has 8 heteroatoms. The van der Waals surface area contributed by atoms with E-state index in [9.17, 15) is 0 Å². The van der Waals surface area contributed by atoms with Crippen LogP contribution in [0.25, 0.3) is 10.9 Å². The van der Waals surface area contributed by atoms with Crippen molar-refractivity contribution in [2.75, 3.05) is 43.3 Å². The Morgan fingerprint density at radius 2 is 2.12 bits per heavy atom. The van der Waals surface area contributed by atoms with Crippen LogP contribution in [0.5, 0.6) is 0 Å². The minimum absolute atomic E-state index is 0.0547. The number of rotatable bonds is 0. The maximum atomic E-state index is 15.1. The van der Waals surface area contributed by atoms with Crippen LogP contribution < -0.4 is 20.7 Å². The van der Waals surface area contributed by atoms with Crippen molar-refractivity contribution in [3.05, 3.63) is 23.1 Å². The molecule has 25 heavy (non-hydrogen) atoms. The van der Waals surface area contributed by atoms with Gasteiger partial charge in [-0.1, -0.05) is 17.1 Å². The highest BCUT2D eigenvalue weighted by molar-refractivity contribution is 6.46. The zero-order valence-corrected chi connectivity index (χ0v) is 15.8. The maximum Gasteiger partial charge on any atom is 0.152 e. The van der Waals surface area contributed by atoms with E-state index in [0.717, 1.165) is 31.0 Å². The predicted octanol–water partition coefficient (Wildman–Crippen LogP) is 1.10. The SMILES string of the molecule is Bc1cc2ncc3c(c2c(F)c1Cl)N1CCN(N3C)C(C)(C)CNC1. The number of aromatic nitrogens is 1. The van der Waals surface area contributed by atoms with Gasteiger partial charge in [0.1, 0.15) is 7.85 Å². The molecule has 0 aliphatic carbocycles. The number of nitrogens with zero attached hydrogens (tertiary/aromatic N) is 4. The molecule has 1 aromatic carbocycles. The lowest BCUT2D eigenvalue weighted by Gasteiger charge is -2.44. The van der Waals surface area contributed by atoms with E-state index < -0.39 is 0 Å². The van der Waals surface area contributed by atoms with Crippen molar-refractivity contribution in [3.63, 3.8) is 0 Å². The van der Waals surface area contributed by atoms with Crippen LogP contribution in [0.1, 0.15) is 13.8 Å². The second kappa shape index (κ2) is 5.72. The van der Waals surface area contributed by atoms with E-state index in [-0.39, 0.29) is 16.4 Å². The highest BCUT2D eigenvalue weighted by Gasteiger charge is 2.37. The molecule has 1 aromatic heterocycles. The summed E-state index contributed by atoms with van der Waals surface area (Å²) < 4.78 is 15.1. The summed E-state index contributed by atoms with van der Waals surface area (Å²) in [6.45, 7) is 7.61. The number of hydrogen-bond donors (Lipinski definition) is 1. The molecule has 2 bridgehead atoms. The van der Waals surface area contributed by atoms with Gasteiger partial charge in [-0.3, -0.25) is 10.3 Å². The third-order valence-electron chi connectivity index (χ3n) is 5.34. The summed E-state index contributed by atoms with van der Waals surface area (Å²) in [5.41, 5.74) is 3.06. The van der Waals surface area contributed by atoms with Crippen molar-refractivity contribution < 1.29 is 4.39 Å². The molecule has 1 fully saturated rings. The normalized spacial score (nSPS) is 22.5. The Morgan fingerprint density at radius 3 is 2.88 bits per heavy atom. The minimum Gasteiger partial charge on any atom is -0.355 e. The molecule has 1 atom stereocenters. The lowest BCUT2D eigenvalue weighted by atomic mass is 9.93. The van der Waals surface area contributed by atoms with E-state index in [4.69, 9.17) is 11.6 Å². The van der Waals surface area contributed by atoms with Gasteiger partial charge in [0.2, 0.25) is 0 Å². The van der Waals surface area contributed by atoms with Crippen LogP contribution in [0, 0.1) is 5.82 Å². The molecule has 132 valence electrons. The molecule has 2 aliphatic heterocycles. The first-order valence-electron chi connectivity index (χ1n) is 8.55. The topological polar surface area (TPSA) is 34.6 Å². The third-order valence-corrected chi connectivity index (χ3v) is 5.80. The van der Waals surface area contributed by atoms with E-state index in [1.54, 1.807) is 0 Å². The zero-order chi connectivity index (χ0) is 17.9. The summed E-state index contributed by atoms with van der Waals surface area (Å²) >= 11 is 6.23. The molecule has 3 heterocycles. The molecule has 0 saturated carbocycles. The number of hydrazine groups is 1. The summed E-state index contributed by atoms with van der Waals surface area (Å²) in [6.07, 6.45) is 1.84. The number of anilines is 2. The van der Waals surface area contributed by atoms with Crippen LogP contribution in [-0.2, 0) is 0 Å². The Kier molecular flexibility index (Phi) is 3.86. The van der Waals surface area contributed by atoms with Crippen molar-refractivity contribution in [3.8, 4) is 0 Å². The Hall–Kier alpha value is -1.57. The minimum atomic E-state index is -0.383. The largest absolute Gasteiger partial charge is 0.355 e. The first-order valence-corrected chi connectivity index (χ1v) is 8.93. The molecule has 1 saturated heterocycles. The summed E-state index contributed by atoms with van der Waals surface area (Å²) in [7, 11) is 3.83. The van der Waals surface area contributed by atoms with Crippen LogP contribution in [0.15, 0.2) is 12.3 Å². The summed E-state index contributed by atoms with van der Waals surface area (Å²) in [5.74, 6) is -0.383. The van der Waals surface area contributed by atoms with Crippen molar-refractivity contribution in [2.45, 2.75) is 19.4 Å². The number of halogens is 2. The van der Waals surface area contributed by atoms with Gasteiger partial charge in [0.25, 0.3) is 0 Å².